The Balaban J connectivity index is 2.00. The molecular weight excluding hydrogens is 258 g/mol. The van der Waals surface area contributed by atoms with Gasteiger partial charge in [0.05, 0.1) is 0 Å². The molecule has 80 valence electrons. The van der Waals surface area contributed by atoms with Gasteiger partial charge in [-0.1, -0.05) is 28.1 Å². The van der Waals surface area contributed by atoms with Crippen molar-refractivity contribution in [1.82, 2.24) is 4.90 Å². The van der Waals surface area contributed by atoms with Crippen molar-refractivity contribution in [2.24, 2.45) is 0 Å². The van der Waals surface area contributed by atoms with Crippen LogP contribution in [0.4, 0.5) is 0 Å². The minimum absolute atomic E-state index is 0.288. The Kier molecular flexibility index (Phi) is 3.07. The molecule has 1 N–H and O–H groups in total. The van der Waals surface area contributed by atoms with Crippen LogP contribution in [0.25, 0.3) is 0 Å². The predicted molar refractivity (Wildman–Crippen MR) is 60.6 cm³/mol. The van der Waals surface area contributed by atoms with Crippen LogP contribution in [0.1, 0.15) is 12.0 Å². The van der Waals surface area contributed by atoms with Crippen molar-refractivity contribution in [2.75, 3.05) is 6.54 Å². The summed E-state index contributed by atoms with van der Waals surface area (Å²) in [7, 11) is 0. The molecule has 15 heavy (non-hydrogen) atoms. The van der Waals surface area contributed by atoms with Gasteiger partial charge in [0.1, 0.15) is 6.04 Å². The van der Waals surface area contributed by atoms with E-state index < -0.39 is 5.97 Å². The minimum atomic E-state index is -0.712. The third-order valence-corrected chi connectivity index (χ3v) is 3.18. The normalized spacial score (nSPS) is 21.0. The number of halogens is 1. The van der Waals surface area contributed by atoms with Gasteiger partial charge in [0.25, 0.3) is 0 Å². The molecule has 1 aromatic rings. The summed E-state index contributed by atoms with van der Waals surface area (Å²) in [6.45, 7) is 1.60. The van der Waals surface area contributed by atoms with Gasteiger partial charge in [0.15, 0.2) is 0 Å². The minimum Gasteiger partial charge on any atom is -0.480 e. The van der Waals surface area contributed by atoms with Crippen molar-refractivity contribution in [2.45, 2.75) is 19.0 Å². The molecule has 4 heteroatoms. The first-order chi connectivity index (χ1) is 7.16. The zero-order valence-electron chi connectivity index (χ0n) is 8.19. The lowest BCUT2D eigenvalue weighted by Crippen LogP contribution is -2.51. The van der Waals surface area contributed by atoms with Crippen LogP contribution in [0.5, 0.6) is 0 Å². The molecule has 1 atom stereocenters. The Hall–Kier alpha value is -0.870. The SMILES string of the molecule is O=C(O)[C@H]1CCN1Cc1cccc(Br)c1. The second kappa shape index (κ2) is 4.33. The molecule has 1 aromatic carbocycles. The van der Waals surface area contributed by atoms with Gasteiger partial charge in [0.2, 0.25) is 0 Å². The van der Waals surface area contributed by atoms with E-state index >= 15 is 0 Å². The van der Waals surface area contributed by atoms with E-state index in [-0.39, 0.29) is 6.04 Å². The highest BCUT2D eigenvalue weighted by Crippen LogP contribution is 2.21. The molecule has 0 radical (unpaired) electrons. The summed E-state index contributed by atoms with van der Waals surface area (Å²) in [5, 5.41) is 8.89. The standard InChI is InChI=1S/C11H12BrNO2/c12-9-3-1-2-8(6-9)7-13-5-4-10(13)11(14)15/h1-3,6,10H,4-5,7H2,(H,14,15)/t10-/m1/s1. The largest absolute Gasteiger partial charge is 0.480 e. The summed E-state index contributed by atoms with van der Waals surface area (Å²) >= 11 is 3.40. The number of carbonyl (C=O) groups is 1. The van der Waals surface area contributed by atoms with E-state index in [0.29, 0.717) is 0 Å². The highest BCUT2D eigenvalue weighted by molar-refractivity contribution is 9.10. The molecular formula is C11H12BrNO2. The zero-order chi connectivity index (χ0) is 10.8. The molecule has 1 saturated heterocycles. The van der Waals surface area contributed by atoms with Crippen molar-refractivity contribution in [1.29, 1.82) is 0 Å². The highest BCUT2D eigenvalue weighted by atomic mass is 79.9. The van der Waals surface area contributed by atoms with E-state index in [9.17, 15) is 4.79 Å². The number of rotatable bonds is 3. The monoisotopic (exact) mass is 269 g/mol. The van der Waals surface area contributed by atoms with E-state index in [1.807, 2.05) is 29.2 Å². The summed E-state index contributed by atoms with van der Waals surface area (Å²) < 4.78 is 1.03. The lowest BCUT2D eigenvalue weighted by molar-refractivity contribution is -0.148. The molecule has 0 aliphatic carbocycles. The average Bonchev–Trinajstić information content (AvgIpc) is 2.11. The van der Waals surface area contributed by atoms with Crippen LogP contribution in [0.2, 0.25) is 0 Å². The lowest BCUT2D eigenvalue weighted by Gasteiger charge is -2.37. The third-order valence-electron chi connectivity index (χ3n) is 2.69. The number of hydrogen-bond acceptors (Lipinski definition) is 2. The second-order valence-corrected chi connectivity index (χ2v) is 4.66. The quantitative estimate of drug-likeness (QED) is 0.914. The van der Waals surface area contributed by atoms with Crippen LogP contribution in [0.15, 0.2) is 28.7 Å². The van der Waals surface area contributed by atoms with Gasteiger partial charge in [-0.15, -0.1) is 0 Å². The lowest BCUT2D eigenvalue weighted by atomic mass is 10.0. The molecule has 0 unspecified atom stereocenters. The summed E-state index contributed by atoms with van der Waals surface area (Å²) in [6.07, 6.45) is 0.767. The first kappa shape index (κ1) is 10.6. The maximum atomic E-state index is 10.8. The first-order valence-corrected chi connectivity index (χ1v) is 5.67. The van der Waals surface area contributed by atoms with Crippen molar-refractivity contribution in [3.63, 3.8) is 0 Å². The fourth-order valence-corrected chi connectivity index (χ4v) is 2.23. The van der Waals surface area contributed by atoms with Crippen LogP contribution in [-0.2, 0) is 11.3 Å². The van der Waals surface area contributed by atoms with Crippen LogP contribution in [0, 0.1) is 0 Å². The van der Waals surface area contributed by atoms with E-state index in [1.165, 1.54) is 0 Å². The summed E-state index contributed by atoms with van der Waals surface area (Å²) in [5.74, 6) is -0.712. The van der Waals surface area contributed by atoms with Gasteiger partial charge in [-0.2, -0.15) is 0 Å². The fourth-order valence-electron chi connectivity index (χ4n) is 1.78. The second-order valence-electron chi connectivity index (χ2n) is 3.74. The Morgan fingerprint density at radius 1 is 1.60 bits per heavy atom. The van der Waals surface area contributed by atoms with Gasteiger partial charge < -0.3 is 5.11 Å². The van der Waals surface area contributed by atoms with Crippen molar-refractivity contribution >= 4 is 21.9 Å². The number of benzene rings is 1. The fraction of sp³-hybridized carbons (Fsp3) is 0.364. The Bertz CT molecular complexity index is 381. The Morgan fingerprint density at radius 2 is 2.40 bits per heavy atom. The van der Waals surface area contributed by atoms with E-state index in [2.05, 4.69) is 15.9 Å². The van der Waals surface area contributed by atoms with Crippen LogP contribution in [0.3, 0.4) is 0 Å². The van der Waals surface area contributed by atoms with E-state index in [1.54, 1.807) is 0 Å². The van der Waals surface area contributed by atoms with Gasteiger partial charge in [-0.3, -0.25) is 9.69 Å². The number of likely N-dealkylation sites (tertiary alicyclic amines) is 1. The first-order valence-electron chi connectivity index (χ1n) is 4.88. The zero-order valence-corrected chi connectivity index (χ0v) is 9.77. The molecule has 0 amide bonds. The van der Waals surface area contributed by atoms with Crippen LogP contribution >= 0.6 is 15.9 Å². The maximum absolute atomic E-state index is 10.8. The van der Waals surface area contributed by atoms with Gasteiger partial charge in [0, 0.05) is 17.6 Å². The predicted octanol–water partition coefficient (Wildman–Crippen LogP) is 2.11. The number of nitrogens with zero attached hydrogens (tertiary/aromatic N) is 1. The molecule has 1 aliphatic heterocycles. The molecule has 1 heterocycles. The highest BCUT2D eigenvalue weighted by Gasteiger charge is 2.33. The van der Waals surface area contributed by atoms with Crippen molar-refractivity contribution < 1.29 is 9.90 Å². The summed E-state index contributed by atoms with van der Waals surface area (Å²) in [4.78, 5) is 12.8. The molecule has 1 aliphatic rings. The summed E-state index contributed by atoms with van der Waals surface area (Å²) in [5.41, 5.74) is 1.15. The maximum Gasteiger partial charge on any atom is 0.320 e. The summed E-state index contributed by atoms with van der Waals surface area (Å²) in [6, 6.07) is 7.69. The Labute approximate surface area is 96.8 Å². The molecule has 2 rings (SSSR count). The molecule has 0 aromatic heterocycles. The number of hydrogen-bond donors (Lipinski definition) is 1. The van der Waals surface area contributed by atoms with E-state index in [0.717, 1.165) is 29.5 Å². The van der Waals surface area contributed by atoms with Gasteiger partial charge >= 0.3 is 5.97 Å². The van der Waals surface area contributed by atoms with Crippen LogP contribution < -0.4 is 0 Å². The molecule has 0 saturated carbocycles. The topological polar surface area (TPSA) is 40.5 Å². The van der Waals surface area contributed by atoms with Crippen LogP contribution in [-0.4, -0.2) is 28.6 Å². The van der Waals surface area contributed by atoms with Crippen molar-refractivity contribution in [3.8, 4) is 0 Å². The van der Waals surface area contributed by atoms with Gasteiger partial charge in [-0.25, -0.2) is 0 Å². The smallest absolute Gasteiger partial charge is 0.320 e. The molecule has 0 spiro atoms. The van der Waals surface area contributed by atoms with E-state index in [4.69, 9.17) is 5.11 Å². The number of carboxylic acids is 1. The average molecular weight is 270 g/mol. The molecule has 1 fully saturated rings. The Morgan fingerprint density at radius 3 is 2.93 bits per heavy atom. The third kappa shape index (κ3) is 2.38. The van der Waals surface area contributed by atoms with Crippen molar-refractivity contribution in [3.05, 3.63) is 34.3 Å². The number of aliphatic carboxylic acids is 1. The molecule has 3 nitrogen and oxygen atoms in total. The van der Waals surface area contributed by atoms with Gasteiger partial charge in [-0.05, 0) is 24.1 Å². The number of carboxylic acid groups (broad SMARTS) is 1. The molecule has 0 bridgehead atoms.